The summed E-state index contributed by atoms with van der Waals surface area (Å²) in [6.45, 7) is -0.804. The number of carbonyl (C=O) groups is 2. The lowest BCUT2D eigenvalue weighted by Crippen LogP contribution is -2.47. The summed E-state index contributed by atoms with van der Waals surface area (Å²) in [6, 6.07) is 9.87. The summed E-state index contributed by atoms with van der Waals surface area (Å²) in [5, 5.41) is 11.1. The van der Waals surface area contributed by atoms with Gasteiger partial charge >= 0.3 is 12.1 Å². The minimum Gasteiger partial charge on any atom is -0.447 e. The molecule has 3 rings (SSSR count). The first-order valence-electron chi connectivity index (χ1n) is 11.7. The number of amides is 3. The van der Waals surface area contributed by atoms with E-state index in [9.17, 15) is 27.2 Å². The molecule has 3 N–H and O–H groups in total. The van der Waals surface area contributed by atoms with Gasteiger partial charge in [0.2, 0.25) is 5.88 Å². The van der Waals surface area contributed by atoms with E-state index in [1.54, 1.807) is 12.1 Å². The van der Waals surface area contributed by atoms with Crippen LogP contribution in [-0.4, -0.2) is 61.4 Å². The molecule has 39 heavy (non-hydrogen) atoms. The highest BCUT2D eigenvalue weighted by molar-refractivity contribution is 6.31. The van der Waals surface area contributed by atoms with Crippen molar-refractivity contribution in [3.05, 3.63) is 70.8 Å². The molecule has 0 saturated heterocycles. The van der Waals surface area contributed by atoms with Gasteiger partial charge in [-0.05, 0) is 36.7 Å². The van der Waals surface area contributed by atoms with Crippen molar-refractivity contribution >= 4 is 29.6 Å². The highest BCUT2D eigenvalue weighted by Crippen LogP contribution is 2.22. The van der Waals surface area contributed by atoms with Crippen molar-refractivity contribution in [1.29, 1.82) is 0 Å². The van der Waals surface area contributed by atoms with Gasteiger partial charge in [0.25, 0.3) is 6.43 Å². The fourth-order valence-electron chi connectivity index (χ4n) is 3.44. The Hall–Kier alpha value is -3.84. The molecule has 2 aromatic carbocycles. The first-order chi connectivity index (χ1) is 18.6. The van der Waals surface area contributed by atoms with Crippen LogP contribution in [0, 0.1) is 11.6 Å². The van der Waals surface area contributed by atoms with Crippen LogP contribution in [0.4, 0.5) is 33.0 Å². The second kappa shape index (κ2) is 14.4. The van der Waals surface area contributed by atoms with E-state index >= 15 is 0 Å². The molecule has 0 unspecified atom stereocenters. The summed E-state index contributed by atoms with van der Waals surface area (Å²) < 4.78 is 62.3. The van der Waals surface area contributed by atoms with E-state index in [0.29, 0.717) is 11.1 Å². The average Bonchev–Trinajstić information content (AvgIpc) is 3.36. The highest BCUT2D eigenvalue weighted by atomic mass is 35.5. The van der Waals surface area contributed by atoms with Gasteiger partial charge in [-0.25, -0.2) is 27.2 Å². The van der Waals surface area contributed by atoms with Gasteiger partial charge in [-0.15, -0.1) is 0 Å². The molecule has 1 atom stereocenters. The van der Waals surface area contributed by atoms with E-state index in [-0.39, 0.29) is 42.7 Å². The van der Waals surface area contributed by atoms with Crippen molar-refractivity contribution < 1.29 is 36.4 Å². The maximum Gasteiger partial charge on any atom is 0.414 e. The summed E-state index contributed by atoms with van der Waals surface area (Å²) in [5.41, 5.74) is 1.07. The van der Waals surface area contributed by atoms with Crippen molar-refractivity contribution in [2.75, 3.05) is 32.1 Å². The van der Waals surface area contributed by atoms with E-state index < -0.39 is 42.8 Å². The highest BCUT2D eigenvalue weighted by Gasteiger charge is 2.22. The molecule has 0 saturated carbocycles. The van der Waals surface area contributed by atoms with Gasteiger partial charge < -0.3 is 24.8 Å². The molecule has 0 aliphatic rings. The molecule has 0 aliphatic heterocycles. The normalized spacial score (nSPS) is 11.8. The lowest BCUT2D eigenvalue weighted by Gasteiger charge is -2.28. The molecule has 14 heteroatoms. The average molecular weight is 572 g/mol. The monoisotopic (exact) mass is 571 g/mol. The third-order valence-electron chi connectivity index (χ3n) is 5.55. The summed E-state index contributed by atoms with van der Waals surface area (Å²) in [7, 11) is 1.43. The van der Waals surface area contributed by atoms with Crippen LogP contribution in [0.15, 0.2) is 53.1 Å². The zero-order valence-electron chi connectivity index (χ0n) is 20.7. The quantitative estimate of drug-likeness (QED) is 0.202. The molecule has 0 fully saturated rings. The van der Waals surface area contributed by atoms with Crippen LogP contribution in [0.5, 0.6) is 0 Å². The van der Waals surface area contributed by atoms with E-state index in [1.807, 2.05) is 0 Å². The number of aromatic nitrogens is 1. The Labute approximate surface area is 226 Å². The van der Waals surface area contributed by atoms with Crippen LogP contribution in [0.1, 0.15) is 12.0 Å². The van der Waals surface area contributed by atoms with Gasteiger partial charge in [-0.1, -0.05) is 41.0 Å². The molecule has 3 amide bonds. The van der Waals surface area contributed by atoms with Crippen LogP contribution in [0.25, 0.3) is 11.3 Å². The number of ether oxygens (including phenoxy) is 1. The maximum atomic E-state index is 13.7. The Balaban J connectivity index is 1.57. The SMILES string of the molecule is CN(C(=O)NCc1cccc(F)c1Cl)[C@@H](CCNCC(F)F)COC(=O)Nc1cc(-c2cccc(F)c2)no1. The second-order valence-corrected chi connectivity index (χ2v) is 8.71. The van der Waals surface area contributed by atoms with Gasteiger partial charge in [0.15, 0.2) is 0 Å². The number of nitrogens with one attached hydrogen (secondary N) is 3. The second-order valence-electron chi connectivity index (χ2n) is 8.33. The maximum absolute atomic E-state index is 13.7. The number of alkyl halides is 2. The third-order valence-corrected chi connectivity index (χ3v) is 5.97. The lowest BCUT2D eigenvalue weighted by atomic mass is 10.1. The third kappa shape index (κ3) is 9.14. The van der Waals surface area contributed by atoms with E-state index in [0.717, 1.165) is 0 Å². The first kappa shape index (κ1) is 29.7. The fraction of sp³-hybridized carbons (Fsp3) is 0.320. The number of likely N-dealkylation sites (N-methyl/N-ethyl adjacent to an activating group) is 1. The molecule has 0 aliphatic carbocycles. The van der Waals surface area contributed by atoms with E-state index in [1.165, 1.54) is 48.3 Å². The summed E-state index contributed by atoms with van der Waals surface area (Å²) in [4.78, 5) is 26.3. The van der Waals surface area contributed by atoms with Crippen molar-refractivity contribution in [1.82, 2.24) is 20.7 Å². The van der Waals surface area contributed by atoms with Crippen molar-refractivity contribution in [2.45, 2.75) is 25.4 Å². The number of hydrogen-bond acceptors (Lipinski definition) is 6. The summed E-state index contributed by atoms with van der Waals surface area (Å²) in [5.74, 6) is -1.16. The van der Waals surface area contributed by atoms with Gasteiger partial charge in [-0.2, -0.15) is 0 Å². The van der Waals surface area contributed by atoms with Gasteiger partial charge in [-0.3, -0.25) is 5.32 Å². The van der Waals surface area contributed by atoms with Crippen LogP contribution >= 0.6 is 11.6 Å². The molecule has 0 bridgehead atoms. The minimum atomic E-state index is -2.55. The number of rotatable bonds is 12. The molecule has 9 nitrogen and oxygen atoms in total. The van der Waals surface area contributed by atoms with Crippen molar-refractivity contribution in [3.8, 4) is 11.3 Å². The number of anilines is 1. The number of urea groups is 1. The van der Waals surface area contributed by atoms with Crippen LogP contribution in [-0.2, 0) is 11.3 Å². The van der Waals surface area contributed by atoms with E-state index in [2.05, 4.69) is 21.1 Å². The molecular formula is C25H26ClF4N5O4. The van der Waals surface area contributed by atoms with Crippen LogP contribution < -0.4 is 16.0 Å². The molecule has 210 valence electrons. The molecule has 0 spiro atoms. The number of benzene rings is 2. The van der Waals surface area contributed by atoms with Gasteiger partial charge in [0, 0.05) is 25.2 Å². The predicted octanol–water partition coefficient (Wildman–Crippen LogP) is 5.28. The molecule has 1 aromatic heterocycles. The number of nitrogens with zero attached hydrogens (tertiary/aromatic N) is 2. The Morgan fingerprint density at radius 1 is 1.15 bits per heavy atom. The van der Waals surface area contributed by atoms with Crippen molar-refractivity contribution in [3.63, 3.8) is 0 Å². The largest absolute Gasteiger partial charge is 0.447 e. The Kier molecular flexibility index (Phi) is 10.9. The van der Waals surface area contributed by atoms with E-state index in [4.69, 9.17) is 20.9 Å². The fourth-order valence-corrected chi connectivity index (χ4v) is 3.63. The smallest absolute Gasteiger partial charge is 0.414 e. The Morgan fingerprint density at radius 3 is 2.67 bits per heavy atom. The predicted molar refractivity (Wildman–Crippen MR) is 136 cm³/mol. The van der Waals surface area contributed by atoms with Crippen LogP contribution in [0.3, 0.4) is 0 Å². The number of carbonyl (C=O) groups excluding carboxylic acids is 2. The molecular weight excluding hydrogens is 546 g/mol. The topological polar surface area (TPSA) is 109 Å². The first-order valence-corrected chi connectivity index (χ1v) is 12.1. The lowest BCUT2D eigenvalue weighted by molar-refractivity contribution is 0.111. The Morgan fingerprint density at radius 2 is 1.92 bits per heavy atom. The number of hydrogen-bond donors (Lipinski definition) is 3. The van der Waals surface area contributed by atoms with Gasteiger partial charge in [0.1, 0.15) is 23.9 Å². The van der Waals surface area contributed by atoms with Crippen molar-refractivity contribution in [2.24, 2.45) is 0 Å². The Bertz CT molecular complexity index is 1260. The zero-order valence-corrected chi connectivity index (χ0v) is 21.5. The number of halogens is 5. The van der Waals surface area contributed by atoms with Crippen LogP contribution in [0.2, 0.25) is 5.02 Å². The standard InChI is InChI=1S/C25H26ClF4N5O4/c1-35(24(36)32-12-16-5-3-7-19(28)23(16)26)18(8-9-31-13-21(29)30)14-38-25(37)33-22-11-20(34-39-22)15-4-2-6-17(27)10-15/h2-7,10-11,18,21,31H,8-9,12-14H2,1H3,(H,32,36)(H,33,37)/t18-/m0/s1. The molecule has 0 radical (unpaired) electrons. The summed E-state index contributed by atoms with van der Waals surface area (Å²) in [6.07, 6.45) is -3.32. The molecule has 3 aromatic rings. The molecule has 1 heterocycles. The minimum absolute atomic E-state index is 0.0625. The van der Waals surface area contributed by atoms with Gasteiger partial charge in [0.05, 0.1) is 17.6 Å². The summed E-state index contributed by atoms with van der Waals surface area (Å²) >= 11 is 5.92. The zero-order chi connectivity index (χ0) is 28.4.